The van der Waals surface area contributed by atoms with Crippen molar-refractivity contribution in [3.8, 4) is 0 Å². The number of ether oxygens (including phenoxy) is 1. The molecular weight excluding hydrogens is 408 g/mol. The van der Waals surface area contributed by atoms with E-state index in [9.17, 15) is 24.5 Å². The number of halogens is 1. The summed E-state index contributed by atoms with van der Waals surface area (Å²) in [7, 11) is 0. The Bertz CT molecular complexity index is 851. The average Bonchev–Trinajstić information content (AvgIpc) is 2.64. The number of carbonyl (C=O) groups is 3. The monoisotopic (exact) mass is 420 g/mol. The molecule has 2 aromatic rings. The van der Waals surface area contributed by atoms with Crippen molar-refractivity contribution in [3.63, 3.8) is 0 Å². The molecule has 0 aliphatic carbocycles. The van der Waals surface area contributed by atoms with Crippen LogP contribution in [0, 0.1) is 10.1 Å². The molecule has 9 heteroatoms. The van der Waals surface area contributed by atoms with Crippen molar-refractivity contribution in [2.75, 3.05) is 13.2 Å². The van der Waals surface area contributed by atoms with Gasteiger partial charge in [-0.25, -0.2) is 0 Å². The lowest BCUT2D eigenvalue weighted by molar-refractivity contribution is -0.384. The van der Waals surface area contributed by atoms with Crippen LogP contribution in [0.1, 0.15) is 20.7 Å². The van der Waals surface area contributed by atoms with Gasteiger partial charge in [0.2, 0.25) is 5.78 Å². The van der Waals surface area contributed by atoms with Crippen LogP contribution < -0.4 is 5.32 Å². The SMILES string of the molecule is O=C(CNC(=O)c1ccc(Br)cc1)OCC(=O)c1cccc([N+](=O)[O-])c1. The molecule has 0 fully saturated rings. The Labute approximate surface area is 156 Å². The zero-order chi connectivity index (χ0) is 19.1. The van der Waals surface area contributed by atoms with Crippen molar-refractivity contribution in [2.45, 2.75) is 0 Å². The normalized spacial score (nSPS) is 10.0. The molecule has 1 amide bonds. The van der Waals surface area contributed by atoms with Gasteiger partial charge in [0.1, 0.15) is 6.54 Å². The number of nitrogens with zero attached hydrogens (tertiary/aromatic N) is 1. The van der Waals surface area contributed by atoms with E-state index in [1.165, 1.54) is 18.2 Å². The Morgan fingerprint density at radius 1 is 1.08 bits per heavy atom. The molecule has 1 N–H and O–H groups in total. The van der Waals surface area contributed by atoms with Gasteiger partial charge in [-0.3, -0.25) is 24.5 Å². The lowest BCUT2D eigenvalue weighted by Crippen LogP contribution is -2.31. The molecule has 0 aliphatic heterocycles. The first-order valence-electron chi connectivity index (χ1n) is 7.34. The number of benzene rings is 2. The molecule has 0 saturated heterocycles. The van der Waals surface area contributed by atoms with Crippen LogP contribution in [0.15, 0.2) is 53.0 Å². The first-order chi connectivity index (χ1) is 12.4. The molecule has 0 aliphatic rings. The molecule has 26 heavy (non-hydrogen) atoms. The second kappa shape index (κ2) is 8.86. The quantitative estimate of drug-likeness (QED) is 0.318. The van der Waals surface area contributed by atoms with Gasteiger partial charge in [-0.2, -0.15) is 0 Å². The highest BCUT2D eigenvalue weighted by Gasteiger charge is 2.14. The van der Waals surface area contributed by atoms with E-state index in [0.717, 1.165) is 10.5 Å². The second-order valence-electron chi connectivity index (χ2n) is 5.08. The Morgan fingerprint density at radius 3 is 2.42 bits per heavy atom. The number of esters is 1. The smallest absolute Gasteiger partial charge is 0.325 e. The molecule has 2 aromatic carbocycles. The Balaban J connectivity index is 1.82. The third-order valence-electron chi connectivity index (χ3n) is 3.24. The van der Waals surface area contributed by atoms with Crippen LogP contribution in [0.25, 0.3) is 0 Å². The fraction of sp³-hybridized carbons (Fsp3) is 0.118. The lowest BCUT2D eigenvalue weighted by Gasteiger charge is -2.06. The molecule has 8 nitrogen and oxygen atoms in total. The van der Waals surface area contributed by atoms with Gasteiger partial charge in [0.25, 0.3) is 11.6 Å². The predicted octanol–water partition coefficient (Wildman–Crippen LogP) is 2.51. The number of ketones is 1. The summed E-state index contributed by atoms with van der Waals surface area (Å²) >= 11 is 3.25. The van der Waals surface area contributed by atoms with Crippen LogP contribution in [0.4, 0.5) is 5.69 Å². The first kappa shape index (κ1) is 19.3. The Hall–Kier alpha value is -3.07. The van der Waals surface area contributed by atoms with E-state index >= 15 is 0 Å². The van der Waals surface area contributed by atoms with E-state index in [1.54, 1.807) is 24.3 Å². The van der Waals surface area contributed by atoms with E-state index < -0.39 is 35.7 Å². The summed E-state index contributed by atoms with van der Waals surface area (Å²) in [5.41, 5.74) is 0.198. The van der Waals surface area contributed by atoms with Gasteiger partial charge in [0, 0.05) is 27.7 Å². The number of hydrogen-bond acceptors (Lipinski definition) is 6. The van der Waals surface area contributed by atoms with Crippen molar-refractivity contribution in [3.05, 3.63) is 74.2 Å². The summed E-state index contributed by atoms with van der Waals surface area (Å²) in [4.78, 5) is 45.5. The van der Waals surface area contributed by atoms with Crippen LogP contribution in [0.5, 0.6) is 0 Å². The number of nitro benzene ring substituents is 1. The fourth-order valence-corrected chi connectivity index (χ4v) is 2.19. The molecule has 2 rings (SSSR count). The molecule has 0 aromatic heterocycles. The van der Waals surface area contributed by atoms with Crippen molar-refractivity contribution < 1.29 is 24.0 Å². The van der Waals surface area contributed by atoms with Crippen LogP contribution >= 0.6 is 15.9 Å². The zero-order valence-electron chi connectivity index (χ0n) is 13.3. The number of nitro groups is 1. The Kier molecular flexibility index (Phi) is 6.56. The van der Waals surface area contributed by atoms with Gasteiger partial charge in [0.05, 0.1) is 4.92 Å². The van der Waals surface area contributed by atoms with Gasteiger partial charge in [-0.15, -0.1) is 0 Å². The molecule has 0 radical (unpaired) electrons. The third-order valence-corrected chi connectivity index (χ3v) is 3.77. The first-order valence-corrected chi connectivity index (χ1v) is 8.13. The van der Waals surface area contributed by atoms with Gasteiger partial charge in [-0.05, 0) is 24.3 Å². The van der Waals surface area contributed by atoms with Crippen LogP contribution in [-0.2, 0) is 9.53 Å². The lowest BCUT2D eigenvalue weighted by atomic mass is 10.1. The Morgan fingerprint density at radius 2 is 1.77 bits per heavy atom. The number of nitrogens with one attached hydrogen (secondary N) is 1. The van der Waals surface area contributed by atoms with E-state index in [-0.39, 0.29) is 11.3 Å². The highest BCUT2D eigenvalue weighted by Crippen LogP contribution is 2.13. The van der Waals surface area contributed by atoms with Crippen molar-refractivity contribution in [1.29, 1.82) is 0 Å². The topological polar surface area (TPSA) is 116 Å². The second-order valence-corrected chi connectivity index (χ2v) is 6.00. The summed E-state index contributed by atoms with van der Waals surface area (Å²) in [5, 5.41) is 13.1. The predicted molar refractivity (Wildman–Crippen MR) is 94.9 cm³/mol. The van der Waals surface area contributed by atoms with Crippen LogP contribution in [0.3, 0.4) is 0 Å². The summed E-state index contributed by atoms with van der Waals surface area (Å²) in [6.07, 6.45) is 0. The van der Waals surface area contributed by atoms with Gasteiger partial charge >= 0.3 is 5.97 Å². The number of hydrogen-bond donors (Lipinski definition) is 1. The largest absolute Gasteiger partial charge is 0.456 e. The highest BCUT2D eigenvalue weighted by molar-refractivity contribution is 9.10. The molecule has 0 unspecified atom stereocenters. The van der Waals surface area contributed by atoms with E-state index in [2.05, 4.69) is 21.2 Å². The van der Waals surface area contributed by atoms with Crippen LogP contribution in [-0.4, -0.2) is 35.7 Å². The number of Topliss-reactive ketones (excluding diaryl/α,β-unsaturated/α-hetero) is 1. The standard InChI is InChI=1S/C17H13BrN2O6/c18-13-6-4-11(5-7-13)17(23)19-9-16(22)26-10-15(21)12-2-1-3-14(8-12)20(24)25/h1-8H,9-10H2,(H,19,23). The van der Waals surface area contributed by atoms with E-state index in [0.29, 0.717) is 5.56 Å². The van der Waals surface area contributed by atoms with Crippen LogP contribution in [0.2, 0.25) is 0 Å². The average molecular weight is 421 g/mol. The molecule has 0 atom stereocenters. The fourth-order valence-electron chi connectivity index (χ4n) is 1.93. The minimum Gasteiger partial charge on any atom is -0.456 e. The zero-order valence-corrected chi connectivity index (χ0v) is 14.9. The number of rotatable bonds is 7. The molecule has 0 saturated carbocycles. The number of amides is 1. The third kappa shape index (κ3) is 5.49. The van der Waals surface area contributed by atoms with Crippen molar-refractivity contribution in [2.24, 2.45) is 0 Å². The highest BCUT2D eigenvalue weighted by atomic mass is 79.9. The van der Waals surface area contributed by atoms with Gasteiger partial charge in [0.15, 0.2) is 6.61 Å². The summed E-state index contributed by atoms with van der Waals surface area (Å²) in [6, 6.07) is 11.6. The van der Waals surface area contributed by atoms with E-state index in [4.69, 9.17) is 4.74 Å². The van der Waals surface area contributed by atoms with E-state index in [1.807, 2.05) is 0 Å². The molecular formula is C17H13BrN2O6. The van der Waals surface area contributed by atoms with Gasteiger partial charge in [-0.1, -0.05) is 28.1 Å². The minimum absolute atomic E-state index is 0.0610. The number of carbonyl (C=O) groups excluding carboxylic acids is 3. The maximum Gasteiger partial charge on any atom is 0.325 e. The number of non-ortho nitro benzene ring substituents is 1. The maximum absolute atomic E-state index is 11.9. The minimum atomic E-state index is -0.797. The maximum atomic E-state index is 11.9. The molecule has 0 bridgehead atoms. The molecule has 0 spiro atoms. The molecule has 0 heterocycles. The summed E-state index contributed by atoms with van der Waals surface area (Å²) < 4.78 is 5.60. The van der Waals surface area contributed by atoms with Crippen molar-refractivity contribution in [1.82, 2.24) is 5.32 Å². The van der Waals surface area contributed by atoms with Gasteiger partial charge < -0.3 is 10.1 Å². The summed E-state index contributed by atoms with van der Waals surface area (Å²) in [6.45, 7) is -0.981. The summed E-state index contributed by atoms with van der Waals surface area (Å²) in [5.74, 6) is -1.84. The van der Waals surface area contributed by atoms with Crippen molar-refractivity contribution >= 4 is 39.3 Å². The molecule has 134 valence electrons.